The molecule has 15 heavy (non-hydrogen) atoms. The standard InChI is InChI=1S/C10H11N5/c1-3-4-7(2)15-10-8-9(12-5-11-8)13-6-14-10/h1,5-7H,4H2,2H3,(H2,11,12,13,14,15). The molecule has 2 aromatic rings. The number of nitrogens with zero attached hydrogens (tertiary/aromatic N) is 3. The number of rotatable bonds is 3. The molecule has 2 rings (SSSR count). The van der Waals surface area contributed by atoms with Crippen molar-refractivity contribution in [3.8, 4) is 12.3 Å². The number of anilines is 1. The highest BCUT2D eigenvalue weighted by atomic mass is 15.1. The van der Waals surface area contributed by atoms with Crippen molar-refractivity contribution in [3.63, 3.8) is 0 Å². The summed E-state index contributed by atoms with van der Waals surface area (Å²) in [6.07, 6.45) is 8.96. The minimum Gasteiger partial charge on any atom is -0.365 e. The third-order valence-corrected chi connectivity index (χ3v) is 2.03. The zero-order valence-electron chi connectivity index (χ0n) is 8.36. The lowest BCUT2D eigenvalue weighted by molar-refractivity contribution is 0.822. The number of hydrogen-bond donors (Lipinski definition) is 2. The van der Waals surface area contributed by atoms with Crippen molar-refractivity contribution in [2.75, 3.05) is 5.32 Å². The van der Waals surface area contributed by atoms with Crippen LogP contribution in [0.4, 0.5) is 5.82 Å². The van der Waals surface area contributed by atoms with E-state index < -0.39 is 0 Å². The first kappa shape index (κ1) is 9.46. The van der Waals surface area contributed by atoms with Gasteiger partial charge >= 0.3 is 0 Å². The summed E-state index contributed by atoms with van der Waals surface area (Å²) in [6, 6.07) is 0.177. The Morgan fingerprint density at radius 3 is 3.20 bits per heavy atom. The van der Waals surface area contributed by atoms with Crippen LogP contribution in [0.15, 0.2) is 12.7 Å². The van der Waals surface area contributed by atoms with E-state index in [1.807, 2.05) is 6.92 Å². The highest BCUT2D eigenvalue weighted by Gasteiger charge is 2.07. The number of hydrogen-bond acceptors (Lipinski definition) is 4. The SMILES string of the molecule is C#CCC(C)Nc1ncnc2nc[nH]c12. The van der Waals surface area contributed by atoms with E-state index in [0.717, 1.165) is 11.3 Å². The molecule has 0 amide bonds. The van der Waals surface area contributed by atoms with E-state index in [-0.39, 0.29) is 6.04 Å². The van der Waals surface area contributed by atoms with Gasteiger partial charge in [-0.1, -0.05) is 0 Å². The molecule has 0 aromatic carbocycles. The highest BCUT2D eigenvalue weighted by molar-refractivity contribution is 5.81. The van der Waals surface area contributed by atoms with Gasteiger partial charge < -0.3 is 10.3 Å². The smallest absolute Gasteiger partial charge is 0.182 e. The summed E-state index contributed by atoms with van der Waals surface area (Å²) in [7, 11) is 0. The van der Waals surface area contributed by atoms with Crippen LogP contribution < -0.4 is 5.32 Å². The largest absolute Gasteiger partial charge is 0.365 e. The Balaban J connectivity index is 2.28. The molecule has 0 saturated heterocycles. The van der Waals surface area contributed by atoms with Crippen LogP contribution in [0.3, 0.4) is 0 Å². The Hall–Kier alpha value is -2.09. The Morgan fingerprint density at radius 1 is 1.53 bits per heavy atom. The molecule has 0 aliphatic carbocycles. The van der Waals surface area contributed by atoms with Gasteiger partial charge in [-0.15, -0.1) is 12.3 Å². The maximum Gasteiger partial charge on any atom is 0.182 e. The number of aromatic amines is 1. The Labute approximate surface area is 87.4 Å². The average molecular weight is 201 g/mol. The summed E-state index contributed by atoms with van der Waals surface area (Å²) in [5.41, 5.74) is 1.46. The lowest BCUT2D eigenvalue weighted by atomic mass is 10.2. The van der Waals surface area contributed by atoms with E-state index in [2.05, 4.69) is 31.2 Å². The molecule has 2 N–H and O–H groups in total. The van der Waals surface area contributed by atoms with Gasteiger partial charge in [0, 0.05) is 12.5 Å². The van der Waals surface area contributed by atoms with E-state index in [9.17, 15) is 0 Å². The molecular formula is C10H11N5. The second-order valence-electron chi connectivity index (χ2n) is 3.28. The Morgan fingerprint density at radius 2 is 2.40 bits per heavy atom. The van der Waals surface area contributed by atoms with Crippen LogP contribution in [0.1, 0.15) is 13.3 Å². The van der Waals surface area contributed by atoms with E-state index >= 15 is 0 Å². The van der Waals surface area contributed by atoms with Crippen LogP contribution >= 0.6 is 0 Å². The van der Waals surface area contributed by atoms with Gasteiger partial charge in [0.2, 0.25) is 0 Å². The molecule has 1 atom stereocenters. The van der Waals surface area contributed by atoms with E-state index in [1.54, 1.807) is 6.33 Å². The van der Waals surface area contributed by atoms with Crippen molar-refractivity contribution in [3.05, 3.63) is 12.7 Å². The molecule has 5 heteroatoms. The predicted molar refractivity (Wildman–Crippen MR) is 58.2 cm³/mol. The van der Waals surface area contributed by atoms with Gasteiger partial charge in [0.25, 0.3) is 0 Å². The maximum absolute atomic E-state index is 5.23. The summed E-state index contributed by atoms with van der Waals surface area (Å²) in [6.45, 7) is 2.00. The second-order valence-corrected chi connectivity index (χ2v) is 3.28. The van der Waals surface area contributed by atoms with Gasteiger partial charge in [0.05, 0.1) is 6.33 Å². The highest BCUT2D eigenvalue weighted by Crippen LogP contribution is 2.15. The molecule has 2 aromatic heterocycles. The number of fused-ring (bicyclic) bond motifs is 1. The van der Waals surface area contributed by atoms with Crippen molar-refractivity contribution < 1.29 is 0 Å². The van der Waals surface area contributed by atoms with Gasteiger partial charge in [-0.2, -0.15) is 0 Å². The van der Waals surface area contributed by atoms with Crippen LogP contribution in [0.5, 0.6) is 0 Å². The zero-order chi connectivity index (χ0) is 10.7. The van der Waals surface area contributed by atoms with Gasteiger partial charge in [-0.3, -0.25) is 0 Å². The van der Waals surface area contributed by atoms with E-state index in [4.69, 9.17) is 6.42 Å². The van der Waals surface area contributed by atoms with Gasteiger partial charge in [0.15, 0.2) is 11.5 Å². The average Bonchev–Trinajstić information content (AvgIpc) is 2.67. The van der Waals surface area contributed by atoms with Crippen LogP contribution in [-0.2, 0) is 0 Å². The first-order valence-electron chi connectivity index (χ1n) is 4.65. The minimum absolute atomic E-state index is 0.177. The summed E-state index contributed by atoms with van der Waals surface area (Å²) >= 11 is 0. The van der Waals surface area contributed by atoms with E-state index in [1.165, 1.54) is 6.33 Å². The van der Waals surface area contributed by atoms with Crippen LogP contribution in [0, 0.1) is 12.3 Å². The Bertz CT molecular complexity index is 496. The fourth-order valence-corrected chi connectivity index (χ4v) is 1.34. The molecule has 0 aliphatic rings. The summed E-state index contributed by atoms with van der Waals surface area (Å²) < 4.78 is 0. The molecule has 5 nitrogen and oxygen atoms in total. The lowest BCUT2D eigenvalue weighted by Crippen LogP contribution is -2.15. The molecule has 76 valence electrons. The molecule has 1 unspecified atom stereocenters. The quantitative estimate of drug-likeness (QED) is 0.732. The lowest BCUT2D eigenvalue weighted by Gasteiger charge is -2.11. The number of imidazole rings is 1. The molecule has 0 fully saturated rings. The van der Waals surface area contributed by atoms with Crippen molar-refractivity contribution in [1.29, 1.82) is 0 Å². The third kappa shape index (κ3) is 1.89. The number of H-pyrrole nitrogens is 1. The topological polar surface area (TPSA) is 66.5 Å². The first-order valence-corrected chi connectivity index (χ1v) is 4.65. The maximum atomic E-state index is 5.23. The fraction of sp³-hybridized carbons (Fsp3) is 0.300. The Kier molecular flexibility index (Phi) is 2.50. The normalized spacial score (nSPS) is 12.3. The monoisotopic (exact) mass is 201 g/mol. The van der Waals surface area contributed by atoms with Crippen molar-refractivity contribution in [2.24, 2.45) is 0 Å². The minimum atomic E-state index is 0.177. The van der Waals surface area contributed by atoms with Gasteiger partial charge in [-0.05, 0) is 6.92 Å². The van der Waals surface area contributed by atoms with Gasteiger partial charge in [0.1, 0.15) is 11.8 Å². The molecule has 2 heterocycles. The first-order chi connectivity index (χ1) is 7.31. The van der Waals surface area contributed by atoms with Crippen molar-refractivity contribution in [2.45, 2.75) is 19.4 Å². The number of terminal acetylenes is 1. The predicted octanol–water partition coefficient (Wildman–Crippen LogP) is 1.18. The summed E-state index contributed by atoms with van der Waals surface area (Å²) in [5.74, 6) is 3.33. The summed E-state index contributed by atoms with van der Waals surface area (Å²) in [4.78, 5) is 15.2. The molecular weight excluding hydrogens is 190 g/mol. The number of nitrogens with one attached hydrogen (secondary N) is 2. The molecule has 0 bridgehead atoms. The van der Waals surface area contributed by atoms with E-state index in [0.29, 0.717) is 12.1 Å². The molecule has 0 saturated carbocycles. The summed E-state index contributed by atoms with van der Waals surface area (Å²) in [5, 5.41) is 3.21. The van der Waals surface area contributed by atoms with Crippen LogP contribution in [0.25, 0.3) is 11.2 Å². The van der Waals surface area contributed by atoms with Crippen molar-refractivity contribution in [1.82, 2.24) is 19.9 Å². The zero-order valence-corrected chi connectivity index (χ0v) is 8.36. The van der Waals surface area contributed by atoms with Gasteiger partial charge in [-0.25, -0.2) is 15.0 Å². The second kappa shape index (κ2) is 3.96. The van der Waals surface area contributed by atoms with Crippen molar-refractivity contribution >= 4 is 17.0 Å². The number of aromatic nitrogens is 4. The fourth-order valence-electron chi connectivity index (χ4n) is 1.34. The molecule has 0 spiro atoms. The van der Waals surface area contributed by atoms with Crippen LogP contribution in [0.2, 0.25) is 0 Å². The molecule has 0 radical (unpaired) electrons. The molecule has 0 aliphatic heterocycles. The van der Waals surface area contributed by atoms with Crippen LogP contribution in [-0.4, -0.2) is 26.0 Å². The third-order valence-electron chi connectivity index (χ3n) is 2.03.